The van der Waals surface area contributed by atoms with Crippen molar-refractivity contribution >= 4 is 17.1 Å². The van der Waals surface area contributed by atoms with Gasteiger partial charge < -0.3 is 19.7 Å². The average molecular weight is 450 g/mol. The number of benzene rings is 1. The lowest BCUT2D eigenvalue weighted by Gasteiger charge is -2.36. The first kappa shape index (κ1) is 22.4. The molecule has 0 radical (unpaired) electrons. The van der Waals surface area contributed by atoms with Gasteiger partial charge in [0.1, 0.15) is 0 Å². The van der Waals surface area contributed by atoms with Gasteiger partial charge >= 0.3 is 0 Å². The number of hydrogen-bond acceptors (Lipinski definition) is 4. The zero-order valence-electron chi connectivity index (χ0n) is 19.4. The molecule has 3 heterocycles. The Balaban J connectivity index is 1.23. The SMILES string of the molecule is CC1=C(c2ccccc2)C(C[C@H](O)C2CCC(C(=O)N3CCC(O)CC3)CC2)n2cncc21. The number of imidazole rings is 1. The standard InChI is InChI=1S/C27H35N3O3/c1-18-24-16-28-17-30(24)23(26(18)20-5-3-2-4-6-20)15-25(32)19-7-9-21(10-8-19)27(33)29-13-11-22(31)12-14-29/h2-6,16-17,19,21-23,25,31-32H,7-15H2,1H3/t19?,21?,23?,25-/m0/s1. The van der Waals surface area contributed by atoms with E-state index in [0.717, 1.165) is 31.4 Å². The molecule has 1 amide bonds. The van der Waals surface area contributed by atoms with Gasteiger partial charge in [0.2, 0.25) is 5.91 Å². The van der Waals surface area contributed by atoms with E-state index in [1.54, 1.807) is 0 Å². The van der Waals surface area contributed by atoms with Gasteiger partial charge in [-0.05, 0) is 74.5 Å². The molecule has 2 N–H and O–H groups in total. The zero-order chi connectivity index (χ0) is 22.9. The highest BCUT2D eigenvalue weighted by atomic mass is 16.3. The molecule has 5 rings (SSSR count). The van der Waals surface area contributed by atoms with E-state index in [9.17, 15) is 15.0 Å². The number of carbonyl (C=O) groups is 1. The predicted octanol–water partition coefficient (Wildman–Crippen LogP) is 3.91. The lowest BCUT2D eigenvalue weighted by molar-refractivity contribution is -0.139. The molecule has 176 valence electrons. The van der Waals surface area contributed by atoms with Crippen LogP contribution in [0.2, 0.25) is 0 Å². The molecule has 2 fully saturated rings. The molecule has 1 unspecified atom stereocenters. The van der Waals surface area contributed by atoms with Gasteiger partial charge in [0, 0.05) is 19.0 Å². The molecule has 0 bridgehead atoms. The first-order valence-electron chi connectivity index (χ1n) is 12.5. The van der Waals surface area contributed by atoms with Gasteiger partial charge in [-0.3, -0.25) is 4.79 Å². The van der Waals surface area contributed by atoms with Crippen molar-refractivity contribution < 1.29 is 15.0 Å². The molecule has 1 aliphatic carbocycles. The summed E-state index contributed by atoms with van der Waals surface area (Å²) in [6, 6.07) is 10.5. The number of aliphatic hydroxyl groups excluding tert-OH is 2. The van der Waals surface area contributed by atoms with E-state index < -0.39 is 6.10 Å². The van der Waals surface area contributed by atoms with Crippen LogP contribution in [0.1, 0.15) is 69.2 Å². The molecule has 2 aliphatic heterocycles. The summed E-state index contributed by atoms with van der Waals surface area (Å²) in [5.41, 5.74) is 4.85. The fourth-order valence-corrected chi connectivity index (χ4v) is 6.15. The van der Waals surface area contributed by atoms with Gasteiger partial charge in [-0.2, -0.15) is 0 Å². The van der Waals surface area contributed by atoms with Crippen LogP contribution in [0.3, 0.4) is 0 Å². The summed E-state index contributed by atoms with van der Waals surface area (Å²) in [6.45, 7) is 3.50. The van der Waals surface area contributed by atoms with Crippen LogP contribution in [0, 0.1) is 11.8 Å². The van der Waals surface area contributed by atoms with E-state index in [1.165, 1.54) is 16.7 Å². The number of hydrogen-bond donors (Lipinski definition) is 2. The number of likely N-dealkylation sites (tertiary alicyclic amines) is 1. The van der Waals surface area contributed by atoms with Crippen molar-refractivity contribution in [2.45, 2.75) is 70.1 Å². The van der Waals surface area contributed by atoms with Crippen LogP contribution < -0.4 is 0 Å². The maximum atomic E-state index is 12.9. The van der Waals surface area contributed by atoms with Crippen LogP contribution in [0.25, 0.3) is 11.1 Å². The quantitative estimate of drug-likeness (QED) is 0.726. The molecule has 1 aromatic heterocycles. The Labute approximate surface area is 195 Å². The number of carbonyl (C=O) groups excluding carboxylic acids is 1. The number of rotatable bonds is 5. The van der Waals surface area contributed by atoms with Crippen LogP contribution in [0.5, 0.6) is 0 Å². The van der Waals surface area contributed by atoms with Crippen LogP contribution in [-0.2, 0) is 4.79 Å². The second kappa shape index (κ2) is 9.43. The van der Waals surface area contributed by atoms with E-state index >= 15 is 0 Å². The number of aliphatic hydroxyl groups is 2. The Morgan fingerprint density at radius 2 is 1.79 bits per heavy atom. The van der Waals surface area contributed by atoms with Crippen LogP contribution >= 0.6 is 0 Å². The molecule has 1 saturated heterocycles. The van der Waals surface area contributed by atoms with E-state index in [1.807, 2.05) is 23.5 Å². The van der Waals surface area contributed by atoms with E-state index in [-0.39, 0.29) is 29.9 Å². The van der Waals surface area contributed by atoms with Crippen molar-refractivity contribution in [1.82, 2.24) is 14.5 Å². The van der Waals surface area contributed by atoms with Gasteiger partial charge in [0.05, 0.1) is 36.5 Å². The Morgan fingerprint density at radius 1 is 1.09 bits per heavy atom. The minimum atomic E-state index is -0.406. The van der Waals surface area contributed by atoms with Crippen LogP contribution in [-0.4, -0.2) is 55.9 Å². The normalized spacial score (nSPS) is 27.0. The van der Waals surface area contributed by atoms with Crippen LogP contribution in [0.15, 0.2) is 42.9 Å². The maximum absolute atomic E-state index is 12.9. The van der Waals surface area contributed by atoms with E-state index in [2.05, 4.69) is 40.7 Å². The predicted molar refractivity (Wildman–Crippen MR) is 128 cm³/mol. The van der Waals surface area contributed by atoms with Crippen molar-refractivity contribution in [1.29, 1.82) is 0 Å². The summed E-state index contributed by atoms with van der Waals surface area (Å²) in [5, 5.41) is 21.0. The molecule has 33 heavy (non-hydrogen) atoms. The summed E-state index contributed by atoms with van der Waals surface area (Å²) in [7, 11) is 0. The number of fused-ring (bicyclic) bond motifs is 1. The number of amides is 1. The minimum absolute atomic E-state index is 0.0671. The fraction of sp³-hybridized carbons (Fsp3) is 0.556. The summed E-state index contributed by atoms with van der Waals surface area (Å²) in [5.74, 6) is 0.540. The van der Waals surface area contributed by atoms with Crippen molar-refractivity contribution in [3.63, 3.8) is 0 Å². The van der Waals surface area contributed by atoms with Gasteiger partial charge in [-0.15, -0.1) is 0 Å². The maximum Gasteiger partial charge on any atom is 0.225 e. The van der Waals surface area contributed by atoms with Crippen molar-refractivity contribution in [3.05, 3.63) is 54.1 Å². The molecule has 2 aromatic rings. The summed E-state index contributed by atoms with van der Waals surface area (Å²) in [6.07, 6.45) is 8.66. The van der Waals surface area contributed by atoms with Crippen molar-refractivity contribution in [2.24, 2.45) is 11.8 Å². The molecule has 1 aromatic carbocycles. The minimum Gasteiger partial charge on any atom is -0.393 e. The first-order valence-corrected chi connectivity index (χ1v) is 12.5. The molecular weight excluding hydrogens is 414 g/mol. The Kier molecular flexibility index (Phi) is 6.39. The summed E-state index contributed by atoms with van der Waals surface area (Å²) < 4.78 is 2.21. The smallest absolute Gasteiger partial charge is 0.225 e. The van der Waals surface area contributed by atoms with Gasteiger partial charge in [-0.1, -0.05) is 30.3 Å². The number of aromatic nitrogens is 2. The highest BCUT2D eigenvalue weighted by Gasteiger charge is 2.37. The molecule has 6 heteroatoms. The summed E-state index contributed by atoms with van der Waals surface area (Å²) in [4.78, 5) is 19.2. The van der Waals surface area contributed by atoms with Crippen molar-refractivity contribution in [2.75, 3.05) is 13.1 Å². The second-order valence-electron chi connectivity index (χ2n) is 10.1. The Morgan fingerprint density at radius 3 is 2.48 bits per heavy atom. The Bertz CT molecular complexity index is 999. The largest absolute Gasteiger partial charge is 0.393 e. The molecule has 2 atom stereocenters. The lowest BCUT2D eigenvalue weighted by atomic mass is 9.77. The zero-order valence-corrected chi connectivity index (χ0v) is 19.4. The number of allylic oxidation sites excluding steroid dienone is 2. The van der Waals surface area contributed by atoms with Gasteiger partial charge in [-0.25, -0.2) is 4.98 Å². The third-order valence-corrected chi connectivity index (χ3v) is 8.11. The number of piperidine rings is 1. The molecule has 3 aliphatic rings. The third-order valence-electron chi connectivity index (χ3n) is 8.11. The van der Waals surface area contributed by atoms with E-state index in [4.69, 9.17) is 0 Å². The topological polar surface area (TPSA) is 78.6 Å². The number of nitrogens with zero attached hydrogens (tertiary/aromatic N) is 3. The average Bonchev–Trinajstić information content (AvgIpc) is 3.43. The van der Waals surface area contributed by atoms with E-state index in [0.29, 0.717) is 32.4 Å². The lowest BCUT2D eigenvalue weighted by Crippen LogP contribution is -2.44. The summed E-state index contributed by atoms with van der Waals surface area (Å²) >= 11 is 0. The fourth-order valence-electron chi connectivity index (χ4n) is 6.15. The van der Waals surface area contributed by atoms with Crippen LogP contribution in [0.4, 0.5) is 0 Å². The Hall–Kier alpha value is -2.44. The molecular formula is C27H35N3O3. The molecule has 0 spiro atoms. The molecule has 1 saturated carbocycles. The van der Waals surface area contributed by atoms with Gasteiger partial charge in [0.15, 0.2) is 0 Å². The van der Waals surface area contributed by atoms with Crippen molar-refractivity contribution in [3.8, 4) is 0 Å². The monoisotopic (exact) mass is 449 g/mol. The first-order chi connectivity index (χ1) is 16.0. The third kappa shape index (κ3) is 4.38. The highest BCUT2D eigenvalue weighted by Crippen LogP contribution is 2.45. The highest BCUT2D eigenvalue weighted by molar-refractivity contribution is 5.93. The molecule has 6 nitrogen and oxygen atoms in total. The van der Waals surface area contributed by atoms with Gasteiger partial charge in [0.25, 0.3) is 0 Å². The second-order valence-corrected chi connectivity index (χ2v) is 10.1.